The van der Waals surface area contributed by atoms with E-state index in [0.717, 1.165) is 35.2 Å². The first kappa shape index (κ1) is 23.4. The van der Waals surface area contributed by atoms with Crippen LogP contribution in [0, 0.1) is 23.3 Å². The smallest absolute Gasteiger partial charge is 0.267 e. The molecule has 174 valence electrons. The second kappa shape index (κ2) is 8.86. The van der Waals surface area contributed by atoms with Crippen LogP contribution in [0.2, 0.25) is 0 Å². The summed E-state index contributed by atoms with van der Waals surface area (Å²) in [5.74, 6) is -4.41. The summed E-state index contributed by atoms with van der Waals surface area (Å²) in [5, 5.41) is 4.06. The zero-order valence-corrected chi connectivity index (χ0v) is 18.4. The molecule has 0 atom stereocenters. The van der Waals surface area contributed by atoms with E-state index in [1.165, 1.54) is 42.6 Å². The van der Waals surface area contributed by atoms with Gasteiger partial charge >= 0.3 is 0 Å². The molecule has 0 aliphatic rings. The maximum Gasteiger partial charge on any atom is 0.275 e. The predicted molar refractivity (Wildman–Crippen MR) is 117 cm³/mol. The van der Waals surface area contributed by atoms with E-state index in [0.29, 0.717) is 11.1 Å². The fourth-order valence-corrected chi connectivity index (χ4v) is 4.08. The molecule has 0 spiro atoms. The van der Waals surface area contributed by atoms with Crippen molar-refractivity contribution in [1.82, 2.24) is 9.78 Å². The Hall–Kier alpha value is -3.79. The van der Waals surface area contributed by atoms with Gasteiger partial charge in [-0.3, -0.25) is 4.79 Å². The van der Waals surface area contributed by atoms with Crippen molar-refractivity contribution in [2.24, 2.45) is 0 Å². The molecule has 0 aliphatic heterocycles. The van der Waals surface area contributed by atoms with Gasteiger partial charge in [-0.05, 0) is 47.5 Å². The molecule has 0 saturated heterocycles. The highest BCUT2D eigenvalue weighted by Gasteiger charge is 2.17. The largest absolute Gasteiger partial charge is 0.275 e. The van der Waals surface area contributed by atoms with Crippen LogP contribution in [0.25, 0.3) is 16.8 Å². The van der Waals surface area contributed by atoms with Crippen LogP contribution in [-0.4, -0.2) is 24.5 Å². The Balaban J connectivity index is 1.89. The fourth-order valence-electron chi connectivity index (χ4n) is 3.44. The molecular formula is C24H16F4N2O3S. The summed E-state index contributed by atoms with van der Waals surface area (Å²) in [5.41, 5.74) is 0.432. The van der Waals surface area contributed by atoms with Gasteiger partial charge < -0.3 is 0 Å². The van der Waals surface area contributed by atoms with E-state index in [4.69, 9.17) is 0 Å². The Morgan fingerprint density at radius 2 is 1.44 bits per heavy atom. The van der Waals surface area contributed by atoms with Crippen LogP contribution in [0.1, 0.15) is 11.1 Å². The minimum atomic E-state index is -3.45. The van der Waals surface area contributed by atoms with Gasteiger partial charge in [-0.25, -0.2) is 26.0 Å². The van der Waals surface area contributed by atoms with E-state index in [-0.39, 0.29) is 28.1 Å². The average Bonchev–Trinajstić information content (AvgIpc) is 2.79. The summed E-state index contributed by atoms with van der Waals surface area (Å²) in [4.78, 5) is 13.4. The standard InChI is InChI=1S/C24H16F4N2O3S/c1-34(32,33)17-6-3-15(4-7-17)19-13-29-30(16-5-9-21(26)23(28)12-16)24(31)18(19)10-14-2-8-20(25)22(27)11-14/h2-9,11-13H,10H2,1H3. The molecule has 0 unspecified atom stereocenters. The van der Waals surface area contributed by atoms with E-state index in [2.05, 4.69) is 5.10 Å². The maximum absolute atomic E-state index is 13.8. The lowest BCUT2D eigenvalue weighted by molar-refractivity contribution is 0.507. The van der Waals surface area contributed by atoms with E-state index in [1.54, 1.807) is 0 Å². The fraction of sp³-hybridized carbons (Fsp3) is 0.0833. The second-order valence-corrected chi connectivity index (χ2v) is 9.59. The second-order valence-electron chi connectivity index (χ2n) is 7.57. The quantitative estimate of drug-likeness (QED) is 0.390. The number of benzene rings is 3. The lowest BCUT2D eigenvalue weighted by Gasteiger charge is -2.13. The van der Waals surface area contributed by atoms with E-state index in [9.17, 15) is 30.8 Å². The van der Waals surface area contributed by atoms with E-state index < -0.39 is 38.7 Å². The third kappa shape index (κ3) is 4.62. The highest BCUT2D eigenvalue weighted by atomic mass is 32.2. The molecule has 4 rings (SSSR count). The van der Waals surface area contributed by atoms with Crippen molar-refractivity contribution in [3.05, 3.63) is 112 Å². The lowest BCUT2D eigenvalue weighted by atomic mass is 9.97. The van der Waals surface area contributed by atoms with Gasteiger partial charge in [0.25, 0.3) is 5.56 Å². The number of sulfone groups is 1. The average molecular weight is 488 g/mol. The molecule has 0 N–H and O–H groups in total. The number of aromatic nitrogens is 2. The summed E-state index contributed by atoms with van der Waals surface area (Å²) in [6, 6.07) is 11.8. The zero-order valence-electron chi connectivity index (χ0n) is 17.6. The summed E-state index contributed by atoms with van der Waals surface area (Å²) in [6.45, 7) is 0. The van der Waals surface area contributed by atoms with Crippen LogP contribution >= 0.6 is 0 Å². The van der Waals surface area contributed by atoms with Gasteiger partial charge in [0.1, 0.15) is 0 Å². The van der Waals surface area contributed by atoms with Crippen LogP contribution in [0.4, 0.5) is 17.6 Å². The Kier molecular flexibility index (Phi) is 6.09. The maximum atomic E-state index is 13.8. The van der Waals surface area contributed by atoms with Gasteiger partial charge in [-0.1, -0.05) is 18.2 Å². The van der Waals surface area contributed by atoms with Gasteiger partial charge in [0, 0.05) is 29.9 Å². The predicted octanol–water partition coefficient (Wildman–Crippen LogP) is 4.45. The molecule has 5 nitrogen and oxygen atoms in total. The molecule has 0 saturated carbocycles. The molecule has 0 aliphatic carbocycles. The highest BCUT2D eigenvalue weighted by Crippen LogP contribution is 2.25. The van der Waals surface area contributed by atoms with Gasteiger partial charge in [0.05, 0.1) is 16.8 Å². The van der Waals surface area contributed by atoms with Gasteiger partial charge in [-0.15, -0.1) is 0 Å². The van der Waals surface area contributed by atoms with Gasteiger partial charge in [-0.2, -0.15) is 9.78 Å². The molecule has 0 fully saturated rings. The number of hydrogen-bond acceptors (Lipinski definition) is 4. The minimum Gasteiger partial charge on any atom is -0.267 e. The topological polar surface area (TPSA) is 69.0 Å². The van der Waals surface area contributed by atoms with Crippen molar-refractivity contribution in [3.63, 3.8) is 0 Å². The van der Waals surface area contributed by atoms with Gasteiger partial charge in [0.2, 0.25) is 0 Å². The summed E-state index contributed by atoms with van der Waals surface area (Å²) in [7, 11) is -3.45. The molecule has 3 aromatic carbocycles. The van der Waals surface area contributed by atoms with Crippen molar-refractivity contribution < 1.29 is 26.0 Å². The molecule has 10 heteroatoms. The zero-order chi connectivity index (χ0) is 24.6. The highest BCUT2D eigenvalue weighted by molar-refractivity contribution is 7.90. The molecule has 1 aromatic heterocycles. The van der Waals surface area contributed by atoms with Crippen LogP contribution in [-0.2, 0) is 16.3 Å². The van der Waals surface area contributed by atoms with Crippen LogP contribution in [0.5, 0.6) is 0 Å². The molecule has 34 heavy (non-hydrogen) atoms. The van der Waals surface area contributed by atoms with Crippen LogP contribution in [0.15, 0.2) is 76.6 Å². The first-order valence-electron chi connectivity index (χ1n) is 9.85. The van der Waals surface area contributed by atoms with E-state index in [1.807, 2.05) is 0 Å². The van der Waals surface area contributed by atoms with Crippen molar-refractivity contribution in [1.29, 1.82) is 0 Å². The van der Waals surface area contributed by atoms with Crippen molar-refractivity contribution >= 4 is 9.84 Å². The first-order valence-corrected chi connectivity index (χ1v) is 11.7. The van der Waals surface area contributed by atoms with Crippen molar-refractivity contribution in [2.45, 2.75) is 11.3 Å². The normalized spacial score (nSPS) is 11.6. The SMILES string of the molecule is CS(=O)(=O)c1ccc(-c2cnn(-c3ccc(F)c(F)c3)c(=O)c2Cc2ccc(F)c(F)c2)cc1. The number of hydrogen-bond donors (Lipinski definition) is 0. The Labute approximate surface area is 191 Å². The minimum absolute atomic E-state index is 0.0330. The third-order valence-corrected chi connectivity index (χ3v) is 6.31. The molecule has 0 radical (unpaired) electrons. The van der Waals surface area contributed by atoms with E-state index >= 15 is 0 Å². The molecule has 0 amide bonds. The molecule has 1 heterocycles. The Bertz CT molecular complexity index is 1570. The van der Waals surface area contributed by atoms with Gasteiger partial charge in [0.15, 0.2) is 33.1 Å². The first-order chi connectivity index (χ1) is 16.0. The number of halogens is 4. The summed E-state index contributed by atoms with van der Waals surface area (Å²) < 4.78 is 78.7. The van der Waals surface area contributed by atoms with Crippen molar-refractivity contribution in [3.8, 4) is 16.8 Å². The summed E-state index contributed by atoms with van der Waals surface area (Å²) in [6.07, 6.45) is 2.24. The molecule has 0 bridgehead atoms. The van der Waals surface area contributed by atoms with Crippen LogP contribution in [0.3, 0.4) is 0 Å². The summed E-state index contributed by atoms with van der Waals surface area (Å²) >= 11 is 0. The lowest BCUT2D eigenvalue weighted by Crippen LogP contribution is -2.26. The molecular weight excluding hydrogens is 472 g/mol. The van der Waals surface area contributed by atoms with Crippen molar-refractivity contribution in [2.75, 3.05) is 6.26 Å². The monoisotopic (exact) mass is 488 g/mol. The number of rotatable bonds is 5. The molecule has 4 aromatic rings. The Morgan fingerprint density at radius 3 is 2.03 bits per heavy atom. The third-order valence-electron chi connectivity index (χ3n) is 5.18. The van der Waals surface area contributed by atoms with Crippen LogP contribution < -0.4 is 5.56 Å². The number of nitrogens with zero attached hydrogens (tertiary/aromatic N) is 2. The Morgan fingerprint density at radius 1 is 0.824 bits per heavy atom.